The number of amides is 2. The molecular weight excluding hydrogens is 370 g/mol. The van der Waals surface area contributed by atoms with Crippen LogP contribution < -0.4 is 19.7 Å². The van der Waals surface area contributed by atoms with Crippen LogP contribution >= 0.6 is 0 Å². The van der Waals surface area contributed by atoms with Crippen LogP contribution in [0.3, 0.4) is 0 Å². The van der Waals surface area contributed by atoms with Crippen LogP contribution in [0.1, 0.15) is 17.0 Å². The number of hydrogen-bond donors (Lipinski definition) is 1. The summed E-state index contributed by atoms with van der Waals surface area (Å²) in [5.41, 5.74) is 3.81. The summed E-state index contributed by atoms with van der Waals surface area (Å²) in [5, 5.41) is 2.81. The summed E-state index contributed by atoms with van der Waals surface area (Å²) >= 11 is 0. The van der Waals surface area contributed by atoms with Gasteiger partial charge in [-0.05, 0) is 42.3 Å². The maximum Gasteiger partial charge on any atom is 0.321 e. The minimum absolute atomic E-state index is 0.115. The van der Waals surface area contributed by atoms with Gasteiger partial charge in [-0.2, -0.15) is 0 Å². The first-order valence-electron chi connectivity index (χ1n) is 9.40. The summed E-state index contributed by atoms with van der Waals surface area (Å²) in [6.07, 6.45) is 2.27. The van der Waals surface area contributed by atoms with Crippen LogP contribution in [0.2, 0.25) is 0 Å². The number of urea groups is 1. The van der Waals surface area contributed by atoms with Gasteiger partial charge in [0.2, 0.25) is 0 Å². The fraction of sp³-hybridized carbons (Fsp3) is 0.273. The van der Waals surface area contributed by atoms with Gasteiger partial charge in [0.05, 0.1) is 20.4 Å². The molecule has 1 fully saturated rings. The van der Waals surface area contributed by atoms with Gasteiger partial charge in [-0.15, -0.1) is 0 Å². The van der Waals surface area contributed by atoms with E-state index in [4.69, 9.17) is 13.9 Å². The number of hydrogen-bond acceptors (Lipinski definition) is 5. The molecule has 0 spiro atoms. The Labute approximate surface area is 169 Å². The highest BCUT2D eigenvalue weighted by molar-refractivity contribution is 5.95. The second kappa shape index (κ2) is 7.87. The van der Waals surface area contributed by atoms with E-state index in [0.717, 1.165) is 28.1 Å². The smallest absolute Gasteiger partial charge is 0.321 e. The van der Waals surface area contributed by atoms with Gasteiger partial charge in [-0.25, -0.2) is 9.78 Å². The minimum Gasteiger partial charge on any atom is -0.497 e. The van der Waals surface area contributed by atoms with E-state index in [-0.39, 0.29) is 6.03 Å². The molecule has 1 N–H and O–H groups in total. The van der Waals surface area contributed by atoms with Crippen molar-refractivity contribution in [3.8, 4) is 22.8 Å². The maximum absolute atomic E-state index is 12.0. The Morgan fingerprint density at radius 3 is 2.69 bits per heavy atom. The first-order chi connectivity index (χ1) is 14.1. The molecule has 1 aliphatic rings. The number of benzene rings is 2. The van der Waals surface area contributed by atoms with Crippen molar-refractivity contribution in [2.75, 3.05) is 32.2 Å². The Morgan fingerprint density at radius 1 is 1.14 bits per heavy atom. The minimum atomic E-state index is -0.115. The van der Waals surface area contributed by atoms with E-state index < -0.39 is 0 Å². The van der Waals surface area contributed by atoms with Crippen LogP contribution in [0.5, 0.6) is 11.5 Å². The third kappa shape index (κ3) is 3.89. The number of carbonyl (C=O) groups excluding carboxylic acids is 1. The molecule has 3 aromatic rings. The molecule has 2 heterocycles. The topological polar surface area (TPSA) is 76.8 Å². The fourth-order valence-corrected chi connectivity index (χ4v) is 3.37. The number of aromatic nitrogens is 1. The van der Waals surface area contributed by atoms with Crippen LogP contribution in [0.4, 0.5) is 10.5 Å². The number of rotatable bonds is 6. The van der Waals surface area contributed by atoms with E-state index in [1.165, 1.54) is 0 Å². The Morgan fingerprint density at radius 2 is 1.97 bits per heavy atom. The number of oxazole rings is 1. The zero-order valence-corrected chi connectivity index (χ0v) is 16.7. The van der Waals surface area contributed by atoms with Crippen molar-refractivity contribution in [2.45, 2.75) is 13.3 Å². The summed E-state index contributed by atoms with van der Waals surface area (Å²) in [5.74, 6) is 2.69. The van der Waals surface area contributed by atoms with Gasteiger partial charge in [-0.1, -0.05) is 6.07 Å². The SMILES string of the molecule is COc1cc(-c2cnc(Cc3cc(OC)ccc3C)o2)cc(N2CCNC2=O)c1. The summed E-state index contributed by atoms with van der Waals surface area (Å²) in [6, 6.07) is 11.5. The number of nitrogens with one attached hydrogen (secondary N) is 1. The lowest BCUT2D eigenvalue weighted by atomic mass is 10.1. The third-order valence-electron chi connectivity index (χ3n) is 5.03. The molecule has 0 aliphatic carbocycles. The van der Waals surface area contributed by atoms with Crippen LogP contribution in [0, 0.1) is 6.92 Å². The summed E-state index contributed by atoms with van der Waals surface area (Å²) in [7, 11) is 3.25. The molecule has 7 heteroatoms. The normalized spacial score (nSPS) is 13.5. The molecule has 1 aromatic heterocycles. The summed E-state index contributed by atoms with van der Waals surface area (Å²) in [6.45, 7) is 3.29. The van der Waals surface area contributed by atoms with E-state index in [0.29, 0.717) is 36.9 Å². The van der Waals surface area contributed by atoms with Gasteiger partial charge < -0.3 is 19.2 Å². The van der Waals surface area contributed by atoms with E-state index in [9.17, 15) is 4.79 Å². The second-order valence-corrected chi connectivity index (χ2v) is 6.89. The van der Waals surface area contributed by atoms with Crippen LogP contribution in [0.25, 0.3) is 11.3 Å². The third-order valence-corrected chi connectivity index (χ3v) is 5.03. The average molecular weight is 393 g/mol. The van der Waals surface area contributed by atoms with Crippen LogP contribution in [-0.2, 0) is 6.42 Å². The largest absolute Gasteiger partial charge is 0.497 e. The molecule has 7 nitrogen and oxygen atoms in total. The van der Waals surface area contributed by atoms with Crippen molar-refractivity contribution >= 4 is 11.7 Å². The first-order valence-corrected chi connectivity index (χ1v) is 9.40. The van der Waals surface area contributed by atoms with Crippen molar-refractivity contribution in [1.82, 2.24) is 10.3 Å². The molecule has 0 saturated carbocycles. The average Bonchev–Trinajstić information content (AvgIpc) is 3.38. The lowest BCUT2D eigenvalue weighted by molar-refractivity contribution is 0.252. The number of ether oxygens (including phenoxy) is 2. The molecule has 0 unspecified atom stereocenters. The zero-order chi connectivity index (χ0) is 20.4. The number of carbonyl (C=O) groups is 1. The lowest BCUT2D eigenvalue weighted by Gasteiger charge is -2.16. The predicted molar refractivity (Wildman–Crippen MR) is 110 cm³/mol. The Bertz CT molecular complexity index is 1040. The molecule has 2 amide bonds. The summed E-state index contributed by atoms with van der Waals surface area (Å²) in [4.78, 5) is 18.2. The lowest BCUT2D eigenvalue weighted by Crippen LogP contribution is -2.27. The summed E-state index contributed by atoms with van der Waals surface area (Å²) < 4.78 is 16.8. The number of methoxy groups -OCH3 is 2. The van der Waals surface area contributed by atoms with Gasteiger partial charge in [0.15, 0.2) is 11.7 Å². The Balaban J connectivity index is 1.63. The van der Waals surface area contributed by atoms with Crippen molar-refractivity contribution in [3.63, 3.8) is 0 Å². The zero-order valence-electron chi connectivity index (χ0n) is 16.7. The van der Waals surface area contributed by atoms with Crippen LogP contribution in [-0.4, -0.2) is 38.3 Å². The predicted octanol–water partition coefficient (Wildman–Crippen LogP) is 3.79. The van der Waals surface area contributed by atoms with E-state index in [1.807, 2.05) is 43.3 Å². The van der Waals surface area contributed by atoms with Gasteiger partial charge in [0.1, 0.15) is 11.5 Å². The maximum atomic E-state index is 12.0. The molecule has 0 bridgehead atoms. The van der Waals surface area contributed by atoms with Crippen molar-refractivity contribution in [3.05, 3.63) is 59.6 Å². The van der Waals surface area contributed by atoms with Crippen molar-refractivity contribution < 1.29 is 18.7 Å². The molecule has 0 radical (unpaired) electrons. The second-order valence-electron chi connectivity index (χ2n) is 6.89. The Kier molecular flexibility index (Phi) is 5.12. The molecular formula is C22H23N3O4. The monoisotopic (exact) mass is 393 g/mol. The molecule has 29 heavy (non-hydrogen) atoms. The van der Waals surface area contributed by atoms with E-state index in [2.05, 4.69) is 10.3 Å². The highest BCUT2D eigenvalue weighted by Gasteiger charge is 2.23. The number of anilines is 1. The molecule has 2 aromatic carbocycles. The van der Waals surface area contributed by atoms with Crippen molar-refractivity contribution in [1.29, 1.82) is 0 Å². The van der Waals surface area contributed by atoms with Gasteiger partial charge in [0, 0.05) is 36.8 Å². The molecule has 1 aliphatic heterocycles. The van der Waals surface area contributed by atoms with E-state index in [1.54, 1.807) is 25.3 Å². The highest BCUT2D eigenvalue weighted by atomic mass is 16.5. The van der Waals surface area contributed by atoms with Crippen LogP contribution in [0.15, 0.2) is 47.0 Å². The first kappa shape index (κ1) is 18.9. The fourth-order valence-electron chi connectivity index (χ4n) is 3.37. The standard InChI is InChI=1S/C22H23N3O4/c1-14-4-5-18(27-2)9-15(14)11-21-24-13-20(29-21)16-8-17(12-19(10-16)28-3)25-7-6-23-22(25)26/h4-5,8-10,12-13H,6-7,11H2,1-3H3,(H,23,26). The number of aryl methyl sites for hydroxylation is 1. The molecule has 4 rings (SSSR count). The quantitative estimate of drug-likeness (QED) is 0.690. The van der Waals surface area contributed by atoms with Gasteiger partial charge in [-0.3, -0.25) is 4.90 Å². The Hall–Kier alpha value is -3.48. The molecule has 0 atom stereocenters. The molecule has 1 saturated heterocycles. The van der Waals surface area contributed by atoms with E-state index >= 15 is 0 Å². The number of nitrogens with zero attached hydrogens (tertiary/aromatic N) is 2. The van der Waals surface area contributed by atoms with Gasteiger partial charge in [0.25, 0.3) is 0 Å². The molecule has 150 valence electrons. The highest BCUT2D eigenvalue weighted by Crippen LogP contribution is 2.32. The van der Waals surface area contributed by atoms with Crippen molar-refractivity contribution in [2.24, 2.45) is 0 Å². The van der Waals surface area contributed by atoms with Gasteiger partial charge >= 0.3 is 6.03 Å².